The highest BCUT2D eigenvalue weighted by Gasteiger charge is 2.22. The van der Waals surface area contributed by atoms with Crippen LogP contribution < -0.4 is 0 Å². The Labute approximate surface area is 341 Å². The van der Waals surface area contributed by atoms with Crippen LogP contribution in [0, 0.1) is 0 Å². The largest absolute Gasteiger partial charge is 0.456 e. The Morgan fingerprint density at radius 2 is 1.12 bits per heavy atom. The first-order chi connectivity index (χ1) is 29.2. The molecular formula is C54H31N3OS. The lowest BCUT2D eigenvalue weighted by Gasteiger charge is -2.14. The van der Waals surface area contributed by atoms with Crippen LogP contribution in [0.5, 0.6) is 0 Å². The number of rotatable bonds is 4. The molecule has 0 aliphatic rings. The Morgan fingerprint density at radius 1 is 0.424 bits per heavy atom. The zero-order valence-electron chi connectivity index (χ0n) is 31.6. The Hall–Kier alpha value is -7.60. The Balaban J connectivity index is 1.13. The molecule has 4 aromatic heterocycles. The highest BCUT2D eigenvalue weighted by molar-refractivity contribution is 7.26. The maximum absolute atomic E-state index is 6.75. The lowest BCUT2D eigenvalue weighted by molar-refractivity contribution is 0.669. The van der Waals surface area contributed by atoms with Gasteiger partial charge in [0.25, 0.3) is 0 Å². The third-order valence-electron chi connectivity index (χ3n) is 11.9. The predicted molar refractivity (Wildman–Crippen MR) is 248 cm³/mol. The van der Waals surface area contributed by atoms with Gasteiger partial charge in [-0.1, -0.05) is 133 Å². The van der Waals surface area contributed by atoms with Gasteiger partial charge in [-0.2, -0.15) is 0 Å². The van der Waals surface area contributed by atoms with Gasteiger partial charge in [-0.05, 0) is 76.1 Å². The second-order valence-corrected chi connectivity index (χ2v) is 16.4. The maximum atomic E-state index is 6.75. The topological polar surface area (TPSA) is 43.9 Å². The van der Waals surface area contributed by atoms with E-state index in [0.717, 1.165) is 66.7 Å². The van der Waals surface area contributed by atoms with Crippen molar-refractivity contribution in [2.75, 3.05) is 0 Å². The van der Waals surface area contributed by atoms with Crippen LogP contribution in [-0.2, 0) is 0 Å². The molecular weight excluding hydrogens is 739 g/mol. The summed E-state index contributed by atoms with van der Waals surface area (Å²) < 4.78 is 11.6. The molecule has 13 rings (SSSR count). The van der Waals surface area contributed by atoms with Gasteiger partial charge in [-0.3, -0.25) is 0 Å². The summed E-state index contributed by atoms with van der Waals surface area (Å²) in [6.45, 7) is 0. The van der Waals surface area contributed by atoms with Crippen molar-refractivity contribution >= 4 is 96.8 Å². The van der Waals surface area contributed by atoms with Gasteiger partial charge >= 0.3 is 0 Å². The Morgan fingerprint density at radius 3 is 2.00 bits per heavy atom. The van der Waals surface area contributed by atoms with E-state index in [2.05, 4.69) is 187 Å². The van der Waals surface area contributed by atoms with Crippen molar-refractivity contribution in [2.24, 2.45) is 0 Å². The summed E-state index contributed by atoms with van der Waals surface area (Å²) in [5, 5.41) is 11.8. The number of thiophene rings is 1. The molecule has 0 fully saturated rings. The summed E-state index contributed by atoms with van der Waals surface area (Å²) in [5.74, 6) is 0.638. The number of hydrogen-bond acceptors (Lipinski definition) is 4. The lowest BCUT2D eigenvalue weighted by Crippen LogP contribution is -1.99. The van der Waals surface area contributed by atoms with E-state index >= 15 is 0 Å². The molecule has 0 atom stereocenters. The first kappa shape index (κ1) is 32.5. The second-order valence-electron chi connectivity index (χ2n) is 15.3. The summed E-state index contributed by atoms with van der Waals surface area (Å²) in [6.07, 6.45) is 0. The van der Waals surface area contributed by atoms with Crippen LogP contribution >= 0.6 is 11.3 Å². The highest BCUT2D eigenvalue weighted by atomic mass is 32.1. The molecule has 0 saturated carbocycles. The summed E-state index contributed by atoms with van der Waals surface area (Å²) >= 11 is 1.82. The van der Waals surface area contributed by atoms with Gasteiger partial charge in [-0.25, -0.2) is 9.97 Å². The summed E-state index contributed by atoms with van der Waals surface area (Å²) in [7, 11) is 0. The predicted octanol–water partition coefficient (Wildman–Crippen LogP) is 15.1. The van der Waals surface area contributed by atoms with Crippen molar-refractivity contribution < 1.29 is 4.42 Å². The maximum Gasteiger partial charge on any atom is 0.160 e. The van der Waals surface area contributed by atoms with E-state index in [1.54, 1.807) is 0 Å². The molecule has 9 aromatic carbocycles. The van der Waals surface area contributed by atoms with Gasteiger partial charge in [0.1, 0.15) is 11.2 Å². The summed E-state index contributed by atoms with van der Waals surface area (Å²) in [6, 6.07) is 67.2. The van der Waals surface area contributed by atoms with Gasteiger partial charge in [0.05, 0.1) is 33.5 Å². The summed E-state index contributed by atoms with van der Waals surface area (Å²) in [4.78, 5) is 10.9. The van der Waals surface area contributed by atoms with E-state index in [1.807, 2.05) is 17.4 Å². The molecule has 0 aliphatic heterocycles. The molecule has 0 N–H and O–H groups in total. The fourth-order valence-corrected chi connectivity index (χ4v) is 10.4. The normalized spacial score (nSPS) is 12.1. The Kier molecular flexibility index (Phi) is 6.85. The van der Waals surface area contributed by atoms with Crippen LogP contribution in [0.25, 0.3) is 125 Å². The van der Waals surface area contributed by atoms with Gasteiger partial charge in [0, 0.05) is 53.0 Å². The van der Waals surface area contributed by atoms with Gasteiger partial charge < -0.3 is 8.98 Å². The SMILES string of the molecule is c1ccc2cc(-c3cc(-c4cccc5c4sc4ccccc45)nc(-c4cc(-n5c6ccccc6c6cc7ccccc7cc65)c5c(c4)oc4ccccc45)n3)ccc2c1. The van der Waals surface area contributed by atoms with Crippen molar-refractivity contribution in [3.8, 4) is 39.6 Å². The fraction of sp³-hybridized carbons (Fsp3) is 0. The molecule has 0 spiro atoms. The van der Waals surface area contributed by atoms with E-state index in [9.17, 15) is 0 Å². The van der Waals surface area contributed by atoms with Crippen molar-refractivity contribution in [2.45, 2.75) is 0 Å². The summed E-state index contributed by atoms with van der Waals surface area (Å²) in [5.41, 5.74) is 9.68. The lowest BCUT2D eigenvalue weighted by atomic mass is 10.0. The van der Waals surface area contributed by atoms with Crippen LogP contribution in [0.15, 0.2) is 192 Å². The van der Waals surface area contributed by atoms with E-state index in [4.69, 9.17) is 14.4 Å². The fourth-order valence-electron chi connectivity index (χ4n) is 9.21. The molecule has 0 unspecified atom stereocenters. The van der Waals surface area contributed by atoms with Crippen molar-refractivity contribution in [1.82, 2.24) is 14.5 Å². The second kappa shape index (κ2) is 12.4. The number of fused-ring (bicyclic) bond motifs is 11. The number of furan rings is 1. The van der Waals surface area contributed by atoms with Gasteiger partial charge in [-0.15, -0.1) is 11.3 Å². The number of nitrogens with zero attached hydrogens (tertiary/aromatic N) is 3. The highest BCUT2D eigenvalue weighted by Crippen LogP contribution is 2.44. The average Bonchev–Trinajstić information content (AvgIpc) is 3.97. The number of hydrogen-bond donors (Lipinski definition) is 0. The van der Waals surface area contributed by atoms with Crippen LogP contribution in [0.4, 0.5) is 0 Å². The number of aromatic nitrogens is 3. The molecule has 274 valence electrons. The number of para-hydroxylation sites is 2. The van der Waals surface area contributed by atoms with Gasteiger partial charge in [0.15, 0.2) is 5.82 Å². The van der Waals surface area contributed by atoms with Crippen LogP contribution in [0.3, 0.4) is 0 Å². The van der Waals surface area contributed by atoms with E-state index in [1.165, 1.54) is 52.5 Å². The van der Waals surface area contributed by atoms with Crippen molar-refractivity contribution in [3.05, 3.63) is 188 Å². The molecule has 0 bridgehead atoms. The molecule has 0 amide bonds. The molecule has 4 heterocycles. The zero-order chi connectivity index (χ0) is 38.6. The first-order valence-corrected chi connectivity index (χ1v) is 20.7. The third-order valence-corrected chi connectivity index (χ3v) is 13.2. The quantitative estimate of drug-likeness (QED) is 0.179. The van der Waals surface area contributed by atoms with E-state index < -0.39 is 0 Å². The van der Waals surface area contributed by atoms with Crippen molar-refractivity contribution in [3.63, 3.8) is 0 Å². The van der Waals surface area contributed by atoms with Crippen molar-refractivity contribution in [1.29, 1.82) is 0 Å². The third kappa shape index (κ3) is 4.95. The van der Waals surface area contributed by atoms with Crippen LogP contribution in [-0.4, -0.2) is 14.5 Å². The smallest absolute Gasteiger partial charge is 0.160 e. The minimum Gasteiger partial charge on any atom is -0.456 e. The standard InChI is InChI=1S/C54H31N3OS/c1-2-13-33-26-36(25-24-32(33)12-1)44-31-45(41-20-11-19-40-39-17-7-10-23-51(39)59-53(40)41)56-54(55-44)37-29-48(52-42-18-6-9-22-49(42)58-50(52)30-37)57-46-21-8-5-16-38(46)43-27-34-14-3-4-15-35(34)28-47(43)57/h1-31H. The molecule has 13 aromatic rings. The Bertz CT molecular complexity index is 3870. The van der Waals surface area contributed by atoms with E-state index in [-0.39, 0.29) is 0 Å². The van der Waals surface area contributed by atoms with Crippen LogP contribution in [0.2, 0.25) is 0 Å². The molecule has 5 heteroatoms. The molecule has 59 heavy (non-hydrogen) atoms. The average molecular weight is 770 g/mol. The molecule has 0 radical (unpaired) electrons. The molecule has 0 saturated heterocycles. The zero-order valence-corrected chi connectivity index (χ0v) is 32.4. The van der Waals surface area contributed by atoms with Gasteiger partial charge in [0.2, 0.25) is 0 Å². The van der Waals surface area contributed by atoms with E-state index in [0.29, 0.717) is 5.82 Å². The number of benzene rings is 9. The molecule has 0 aliphatic carbocycles. The minimum absolute atomic E-state index is 0.638. The monoisotopic (exact) mass is 769 g/mol. The van der Waals surface area contributed by atoms with Crippen LogP contribution in [0.1, 0.15) is 0 Å². The molecule has 4 nitrogen and oxygen atoms in total. The minimum atomic E-state index is 0.638. The first-order valence-electron chi connectivity index (χ1n) is 19.9.